The first-order chi connectivity index (χ1) is 8.67. The van der Waals surface area contributed by atoms with Gasteiger partial charge in [-0.05, 0) is 24.6 Å². The highest BCUT2D eigenvalue weighted by atomic mass is 35.5. The number of nitrogens with one attached hydrogen (secondary N) is 1. The van der Waals surface area contributed by atoms with Crippen LogP contribution in [0.25, 0.3) is 0 Å². The van der Waals surface area contributed by atoms with Crippen molar-refractivity contribution >= 4 is 17.5 Å². The smallest absolute Gasteiger partial charge is 0.226 e. The van der Waals surface area contributed by atoms with Gasteiger partial charge in [0.05, 0.1) is 0 Å². The van der Waals surface area contributed by atoms with E-state index in [1.165, 1.54) is 0 Å². The van der Waals surface area contributed by atoms with Crippen molar-refractivity contribution in [1.29, 1.82) is 0 Å². The minimum atomic E-state index is -0.695. The molecule has 1 aromatic heterocycles. The average molecular weight is 267 g/mol. The number of halogens is 2. The lowest BCUT2D eigenvalue weighted by molar-refractivity contribution is 0.463. The van der Waals surface area contributed by atoms with Crippen LogP contribution in [0.15, 0.2) is 24.3 Å². The van der Waals surface area contributed by atoms with Crippen molar-refractivity contribution in [2.45, 2.75) is 20.1 Å². The Morgan fingerprint density at radius 2 is 1.89 bits per heavy atom. The molecule has 18 heavy (non-hydrogen) atoms. The van der Waals surface area contributed by atoms with Crippen LogP contribution in [-0.2, 0) is 13.2 Å². The van der Waals surface area contributed by atoms with E-state index in [9.17, 15) is 4.39 Å². The van der Waals surface area contributed by atoms with Crippen LogP contribution in [0.1, 0.15) is 17.2 Å². The number of anilines is 1. The fourth-order valence-corrected chi connectivity index (χ4v) is 1.59. The summed E-state index contributed by atoms with van der Waals surface area (Å²) in [6, 6.07) is 7.42. The van der Waals surface area contributed by atoms with Gasteiger partial charge in [-0.1, -0.05) is 23.7 Å². The van der Waals surface area contributed by atoms with Crippen molar-refractivity contribution in [1.82, 2.24) is 15.0 Å². The largest absolute Gasteiger partial charge is 0.350 e. The van der Waals surface area contributed by atoms with Gasteiger partial charge in [0.25, 0.3) is 0 Å². The third-order valence-electron chi connectivity index (χ3n) is 2.28. The highest BCUT2D eigenvalue weighted by Gasteiger charge is 2.03. The standard InChI is InChI=1S/C12H12ClFN4/c1-8-16-11(6-14)18-12(17-8)15-7-9-2-4-10(13)5-3-9/h2-5H,6-7H2,1H3,(H,15,16,17,18). The molecule has 1 heterocycles. The van der Waals surface area contributed by atoms with Gasteiger partial charge in [0.1, 0.15) is 12.5 Å². The molecular formula is C12H12ClFN4. The van der Waals surface area contributed by atoms with Crippen molar-refractivity contribution in [3.05, 3.63) is 46.5 Å². The molecule has 0 aliphatic carbocycles. The molecule has 0 spiro atoms. The van der Waals surface area contributed by atoms with E-state index >= 15 is 0 Å². The number of aromatic nitrogens is 3. The first kappa shape index (κ1) is 12.7. The zero-order chi connectivity index (χ0) is 13.0. The number of nitrogens with zero attached hydrogens (tertiary/aromatic N) is 3. The zero-order valence-corrected chi connectivity index (χ0v) is 10.6. The second kappa shape index (κ2) is 5.73. The average Bonchev–Trinajstić information content (AvgIpc) is 2.37. The Morgan fingerprint density at radius 3 is 2.56 bits per heavy atom. The minimum absolute atomic E-state index is 0.140. The van der Waals surface area contributed by atoms with Gasteiger partial charge in [-0.25, -0.2) is 9.37 Å². The van der Waals surface area contributed by atoms with Gasteiger partial charge in [0.15, 0.2) is 5.82 Å². The first-order valence-corrected chi connectivity index (χ1v) is 5.81. The van der Waals surface area contributed by atoms with Gasteiger partial charge in [-0.15, -0.1) is 0 Å². The van der Waals surface area contributed by atoms with Crippen LogP contribution in [0, 0.1) is 6.92 Å². The lowest BCUT2D eigenvalue weighted by Crippen LogP contribution is -2.07. The monoisotopic (exact) mass is 266 g/mol. The van der Waals surface area contributed by atoms with Crippen molar-refractivity contribution in [3.8, 4) is 0 Å². The van der Waals surface area contributed by atoms with Gasteiger partial charge < -0.3 is 5.32 Å². The summed E-state index contributed by atoms with van der Waals surface area (Å²) in [4.78, 5) is 11.9. The van der Waals surface area contributed by atoms with E-state index in [-0.39, 0.29) is 5.82 Å². The lowest BCUT2D eigenvalue weighted by Gasteiger charge is -2.06. The Balaban J connectivity index is 2.05. The van der Waals surface area contributed by atoms with Gasteiger partial charge >= 0.3 is 0 Å². The van der Waals surface area contributed by atoms with Crippen LogP contribution in [0.2, 0.25) is 5.02 Å². The van der Waals surface area contributed by atoms with Crippen LogP contribution in [0.5, 0.6) is 0 Å². The molecule has 0 aliphatic heterocycles. The molecule has 2 rings (SSSR count). The van der Waals surface area contributed by atoms with Gasteiger partial charge in [0.2, 0.25) is 5.95 Å². The van der Waals surface area contributed by atoms with Crippen molar-refractivity contribution < 1.29 is 4.39 Å². The van der Waals surface area contributed by atoms with Crippen molar-refractivity contribution in [2.24, 2.45) is 0 Å². The fraction of sp³-hybridized carbons (Fsp3) is 0.250. The molecule has 0 fully saturated rings. The van der Waals surface area contributed by atoms with Crippen LogP contribution in [0.3, 0.4) is 0 Å². The van der Waals surface area contributed by atoms with Gasteiger partial charge in [0, 0.05) is 11.6 Å². The molecule has 94 valence electrons. The van der Waals surface area contributed by atoms with Crippen LogP contribution in [-0.4, -0.2) is 15.0 Å². The Labute approximate surface area is 109 Å². The third kappa shape index (κ3) is 3.37. The number of rotatable bonds is 4. The van der Waals surface area contributed by atoms with E-state index in [1.54, 1.807) is 6.92 Å². The fourth-order valence-electron chi connectivity index (χ4n) is 1.46. The summed E-state index contributed by atoms with van der Waals surface area (Å²) < 4.78 is 12.5. The van der Waals surface area contributed by atoms with E-state index in [2.05, 4.69) is 20.3 Å². The summed E-state index contributed by atoms with van der Waals surface area (Å²) in [6.07, 6.45) is 0. The summed E-state index contributed by atoms with van der Waals surface area (Å²) in [6.45, 7) is 1.56. The molecule has 0 radical (unpaired) electrons. The maximum Gasteiger partial charge on any atom is 0.226 e. The Hall–Kier alpha value is -1.75. The van der Waals surface area contributed by atoms with Crippen LogP contribution < -0.4 is 5.32 Å². The number of aryl methyl sites for hydroxylation is 1. The summed E-state index contributed by atoms with van der Waals surface area (Å²) in [5, 5.41) is 3.71. The van der Waals surface area contributed by atoms with E-state index in [0.29, 0.717) is 23.3 Å². The van der Waals surface area contributed by atoms with E-state index in [1.807, 2.05) is 24.3 Å². The normalized spacial score (nSPS) is 10.4. The highest BCUT2D eigenvalue weighted by Crippen LogP contribution is 2.11. The second-order valence-electron chi connectivity index (χ2n) is 3.74. The number of alkyl halides is 1. The molecule has 1 aromatic carbocycles. The minimum Gasteiger partial charge on any atom is -0.350 e. The van der Waals surface area contributed by atoms with Crippen LogP contribution >= 0.6 is 11.6 Å². The first-order valence-electron chi connectivity index (χ1n) is 5.43. The van der Waals surface area contributed by atoms with Crippen molar-refractivity contribution in [3.63, 3.8) is 0 Å². The molecule has 0 atom stereocenters. The lowest BCUT2D eigenvalue weighted by atomic mass is 10.2. The van der Waals surface area contributed by atoms with E-state index in [0.717, 1.165) is 5.56 Å². The summed E-state index contributed by atoms with van der Waals surface area (Å²) in [5.41, 5.74) is 1.04. The Kier molecular flexibility index (Phi) is 4.04. The second-order valence-corrected chi connectivity index (χ2v) is 4.17. The topological polar surface area (TPSA) is 50.7 Å². The molecule has 0 saturated carbocycles. The number of hydrogen-bond acceptors (Lipinski definition) is 4. The van der Waals surface area contributed by atoms with Gasteiger partial charge in [-0.2, -0.15) is 9.97 Å². The maximum absolute atomic E-state index is 12.5. The summed E-state index contributed by atoms with van der Waals surface area (Å²) >= 11 is 5.79. The predicted molar refractivity (Wildman–Crippen MR) is 68.2 cm³/mol. The molecular weight excluding hydrogens is 255 g/mol. The molecule has 2 aromatic rings. The van der Waals surface area contributed by atoms with E-state index in [4.69, 9.17) is 11.6 Å². The zero-order valence-electron chi connectivity index (χ0n) is 9.82. The number of benzene rings is 1. The summed E-state index contributed by atoms with van der Waals surface area (Å²) in [5.74, 6) is 1.02. The van der Waals surface area contributed by atoms with Gasteiger partial charge in [-0.3, -0.25) is 0 Å². The highest BCUT2D eigenvalue weighted by molar-refractivity contribution is 6.30. The SMILES string of the molecule is Cc1nc(CF)nc(NCc2ccc(Cl)cc2)n1. The quantitative estimate of drug-likeness (QED) is 0.924. The maximum atomic E-state index is 12.5. The molecule has 6 heteroatoms. The molecule has 0 aliphatic rings. The van der Waals surface area contributed by atoms with Crippen LogP contribution in [0.4, 0.5) is 10.3 Å². The molecule has 1 N–H and O–H groups in total. The number of hydrogen-bond donors (Lipinski definition) is 1. The molecule has 0 saturated heterocycles. The Bertz CT molecular complexity index is 530. The van der Waals surface area contributed by atoms with E-state index < -0.39 is 6.67 Å². The Morgan fingerprint density at radius 1 is 1.17 bits per heavy atom. The summed E-state index contributed by atoms with van der Waals surface area (Å²) in [7, 11) is 0. The molecule has 4 nitrogen and oxygen atoms in total. The predicted octanol–water partition coefficient (Wildman–Crippen LogP) is 2.92. The molecule has 0 amide bonds. The molecule has 0 bridgehead atoms. The third-order valence-corrected chi connectivity index (χ3v) is 2.53. The van der Waals surface area contributed by atoms with Crippen molar-refractivity contribution in [2.75, 3.05) is 5.32 Å². The molecule has 0 unspecified atom stereocenters.